The Labute approximate surface area is 168 Å². The third kappa shape index (κ3) is 3.42. The lowest BCUT2D eigenvalue weighted by Gasteiger charge is -2.49. The van der Waals surface area contributed by atoms with Crippen LogP contribution in [0.3, 0.4) is 0 Å². The first-order chi connectivity index (χ1) is 13.4. The molecule has 1 aromatic rings. The zero-order valence-corrected chi connectivity index (χ0v) is 17.4. The van der Waals surface area contributed by atoms with Crippen LogP contribution in [0.4, 0.5) is 0 Å². The number of fused-ring (bicyclic) bond motifs is 5. The number of hydrogen-bond acceptors (Lipinski definition) is 4. The Morgan fingerprint density at radius 1 is 1.29 bits per heavy atom. The number of carbonyl (C=O) groups is 1. The van der Waals surface area contributed by atoms with Gasteiger partial charge in [-0.15, -0.1) is 0 Å². The topological polar surface area (TPSA) is 49.8 Å². The molecule has 0 saturated heterocycles. The van der Waals surface area contributed by atoms with E-state index < -0.39 is 0 Å². The smallest absolute Gasteiger partial charge is 0.139 e. The summed E-state index contributed by atoms with van der Waals surface area (Å²) >= 11 is 0. The lowest BCUT2D eigenvalue weighted by Crippen LogP contribution is -2.43. The van der Waals surface area contributed by atoms with Crippen molar-refractivity contribution in [3.05, 3.63) is 41.0 Å². The SMILES string of the molecule is CN(C)CCOC/C=C1\CC2(C)C(=O)CCC2C2CCc3cc(O)ccc3C12. The van der Waals surface area contributed by atoms with E-state index in [1.165, 1.54) is 16.7 Å². The molecule has 3 aliphatic carbocycles. The number of carbonyl (C=O) groups excluding carboxylic acids is 1. The molecule has 0 heterocycles. The highest BCUT2D eigenvalue weighted by atomic mass is 16.5. The molecule has 3 aliphatic rings. The predicted octanol–water partition coefficient (Wildman–Crippen LogP) is 3.93. The fourth-order valence-electron chi connectivity index (χ4n) is 5.98. The Morgan fingerprint density at radius 2 is 2.11 bits per heavy atom. The van der Waals surface area contributed by atoms with Crippen LogP contribution in [0.15, 0.2) is 29.8 Å². The molecule has 1 N–H and O–H groups in total. The summed E-state index contributed by atoms with van der Waals surface area (Å²) in [6.45, 7) is 4.44. The average molecular weight is 384 g/mol. The summed E-state index contributed by atoms with van der Waals surface area (Å²) in [5.74, 6) is 2.18. The predicted molar refractivity (Wildman–Crippen MR) is 111 cm³/mol. The van der Waals surface area contributed by atoms with Gasteiger partial charge in [-0.2, -0.15) is 0 Å². The van der Waals surface area contributed by atoms with Gasteiger partial charge in [-0.05, 0) is 74.9 Å². The molecule has 2 saturated carbocycles. The van der Waals surface area contributed by atoms with Crippen LogP contribution in [-0.4, -0.2) is 49.6 Å². The van der Waals surface area contributed by atoms with Crippen molar-refractivity contribution >= 4 is 5.78 Å². The van der Waals surface area contributed by atoms with Crippen LogP contribution in [0.2, 0.25) is 0 Å². The lowest BCUT2D eigenvalue weighted by molar-refractivity contribution is -0.128. The van der Waals surface area contributed by atoms with Gasteiger partial charge in [-0.3, -0.25) is 4.79 Å². The minimum atomic E-state index is -0.203. The van der Waals surface area contributed by atoms with Crippen LogP contribution >= 0.6 is 0 Å². The van der Waals surface area contributed by atoms with E-state index in [9.17, 15) is 9.90 Å². The standard InChI is InChI=1S/C24H33NO3/c1-24-15-17(10-12-28-13-11-25(2)3)23-19-7-5-18(26)14-16(19)4-6-20(23)21(24)8-9-22(24)27/h5,7,10,14,20-21,23,26H,4,6,8-9,11-13,15H2,1-3H3/b17-10+. The largest absolute Gasteiger partial charge is 0.508 e. The summed E-state index contributed by atoms with van der Waals surface area (Å²) in [7, 11) is 4.10. The number of benzene rings is 1. The van der Waals surface area contributed by atoms with Crippen molar-refractivity contribution in [1.82, 2.24) is 4.90 Å². The van der Waals surface area contributed by atoms with E-state index in [2.05, 4.69) is 38.1 Å². The third-order valence-corrected chi connectivity index (χ3v) is 7.41. The fraction of sp³-hybridized carbons (Fsp3) is 0.625. The molecular formula is C24H33NO3. The van der Waals surface area contributed by atoms with E-state index in [1.807, 2.05) is 12.1 Å². The highest BCUT2D eigenvalue weighted by Crippen LogP contribution is 2.61. The molecule has 4 atom stereocenters. The van der Waals surface area contributed by atoms with E-state index in [0.29, 0.717) is 42.5 Å². The zero-order valence-electron chi connectivity index (χ0n) is 17.4. The Bertz CT molecular complexity index is 784. The Balaban J connectivity index is 1.64. The van der Waals surface area contributed by atoms with Gasteiger partial charge >= 0.3 is 0 Å². The molecule has 4 heteroatoms. The van der Waals surface area contributed by atoms with Crippen LogP contribution in [0, 0.1) is 17.3 Å². The van der Waals surface area contributed by atoms with Gasteiger partial charge < -0.3 is 14.7 Å². The van der Waals surface area contributed by atoms with Gasteiger partial charge in [0.1, 0.15) is 11.5 Å². The fourth-order valence-corrected chi connectivity index (χ4v) is 5.98. The van der Waals surface area contributed by atoms with Gasteiger partial charge in [0.05, 0.1) is 13.2 Å². The van der Waals surface area contributed by atoms with Crippen LogP contribution in [0.5, 0.6) is 5.75 Å². The number of rotatable bonds is 5. The summed E-state index contributed by atoms with van der Waals surface area (Å²) in [6.07, 6.45) is 6.99. The first kappa shape index (κ1) is 19.7. The second kappa shape index (κ2) is 7.64. The highest BCUT2D eigenvalue weighted by Gasteiger charge is 2.56. The Kier molecular flexibility index (Phi) is 5.36. The molecule has 0 aliphatic heterocycles. The number of Topliss-reactive ketones (excluding diaryl/α,β-unsaturated/α-hetero) is 1. The van der Waals surface area contributed by atoms with Gasteiger partial charge in [-0.1, -0.05) is 24.6 Å². The summed E-state index contributed by atoms with van der Waals surface area (Å²) in [4.78, 5) is 14.9. The van der Waals surface area contributed by atoms with Gasteiger partial charge in [0.15, 0.2) is 0 Å². The van der Waals surface area contributed by atoms with Crippen LogP contribution in [0.1, 0.15) is 49.7 Å². The molecule has 0 amide bonds. The highest BCUT2D eigenvalue weighted by molar-refractivity contribution is 5.87. The number of likely N-dealkylation sites (N-methyl/N-ethyl adjacent to an activating group) is 1. The summed E-state index contributed by atoms with van der Waals surface area (Å²) < 4.78 is 5.86. The molecule has 0 bridgehead atoms. The van der Waals surface area contributed by atoms with Crippen LogP contribution in [0.25, 0.3) is 0 Å². The number of hydrogen-bond donors (Lipinski definition) is 1. The molecule has 4 unspecified atom stereocenters. The van der Waals surface area contributed by atoms with Gasteiger partial charge in [0.2, 0.25) is 0 Å². The van der Waals surface area contributed by atoms with Crippen molar-refractivity contribution in [2.45, 2.75) is 44.9 Å². The van der Waals surface area contributed by atoms with Crippen molar-refractivity contribution in [2.24, 2.45) is 17.3 Å². The minimum Gasteiger partial charge on any atom is -0.508 e. The lowest BCUT2D eigenvalue weighted by atomic mass is 9.54. The van der Waals surface area contributed by atoms with E-state index >= 15 is 0 Å². The number of ketones is 1. The maximum Gasteiger partial charge on any atom is 0.139 e. The van der Waals surface area contributed by atoms with E-state index in [-0.39, 0.29) is 5.41 Å². The number of ether oxygens (including phenoxy) is 1. The average Bonchev–Trinajstić information content (AvgIpc) is 2.95. The van der Waals surface area contributed by atoms with Gasteiger partial charge in [0, 0.05) is 24.3 Å². The quantitative estimate of drug-likeness (QED) is 0.618. The van der Waals surface area contributed by atoms with Crippen molar-refractivity contribution in [2.75, 3.05) is 33.9 Å². The Morgan fingerprint density at radius 3 is 2.89 bits per heavy atom. The molecule has 0 radical (unpaired) electrons. The normalized spacial score (nSPS) is 33.1. The first-order valence-corrected chi connectivity index (χ1v) is 10.7. The molecule has 1 aromatic carbocycles. The molecule has 2 fully saturated rings. The number of phenolic OH excluding ortho intramolecular Hbond substituents is 1. The van der Waals surface area contributed by atoms with E-state index in [4.69, 9.17) is 4.74 Å². The third-order valence-electron chi connectivity index (χ3n) is 7.41. The van der Waals surface area contributed by atoms with Gasteiger partial charge in [0.25, 0.3) is 0 Å². The molecule has 28 heavy (non-hydrogen) atoms. The number of phenols is 1. The summed E-state index contributed by atoms with van der Waals surface area (Å²) in [5, 5.41) is 9.94. The number of aryl methyl sites for hydroxylation is 1. The monoisotopic (exact) mass is 383 g/mol. The summed E-state index contributed by atoms with van der Waals surface area (Å²) in [6, 6.07) is 5.87. The van der Waals surface area contributed by atoms with E-state index in [1.54, 1.807) is 0 Å². The van der Waals surface area contributed by atoms with Crippen LogP contribution < -0.4 is 0 Å². The number of allylic oxidation sites excluding steroid dienone is 1. The number of nitrogens with zero attached hydrogens (tertiary/aromatic N) is 1. The van der Waals surface area contributed by atoms with Crippen molar-refractivity contribution in [1.29, 1.82) is 0 Å². The van der Waals surface area contributed by atoms with Gasteiger partial charge in [-0.25, -0.2) is 0 Å². The maximum atomic E-state index is 12.8. The number of aromatic hydroxyl groups is 1. The molecule has 4 nitrogen and oxygen atoms in total. The zero-order chi connectivity index (χ0) is 19.9. The molecule has 0 spiro atoms. The van der Waals surface area contributed by atoms with Crippen molar-refractivity contribution in [3.63, 3.8) is 0 Å². The van der Waals surface area contributed by atoms with Crippen molar-refractivity contribution in [3.8, 4) is 5.75 Å². The molecule has 4 rings (SSSR count). The minimum absolute atomic E-state index is 0.203. The second-order valence-corrected chi connectivity index (χ2v) is 9.38. The summed E-state index contributed by atoms with van der Waals surface area (Å²) in [5.41, 5.74) is 3.80. The van der Waals surface area contributed by atoms with E-state index in [0.717, 1.165) is 38.6 Å². The maximum absolute atomic E-state index is 12.8. The van der Waals surface area contributed by atoms with Crippen molar-refractivity contribution < 1.29 is 14.6 Å². The molecule has 0 aromatic heterocycles. The van der Waals surface area contributed by atoms with Crippen LogP contribution in [-0.2, 0) is 16.0 Å². The Hall–Kier alpha value is -1.65. The first-order valence-electron chi connectivity index (χ1n) is 10.7. The second-order valence-electron chi connectivity index (χ2n) is 9.38. The molecular weight excluding hydrogens is 350 g/mol. The molecule has 152 valence electrons.